The molecule has 0 bridgehead atoms. The Balaban J connectivity index is 2.33. The number of para-hydroxylation sites is 1. The highest BCUT2D eigenvalue weighted by atomic mass is 16.6. The van der Waals surface area contributed by atoms with Gasteiger partial charge >= 0.3 is 12.0 Å². The standard InChI is InChI=1S/C14H18N2O5/c1-3-15-14(19)16-13(18)10(2)21-12(17)9-20-11-7-5-4-6-8-11/h4-8,10H,3,9H2,1-2H3,(H2,15,16,18,19). The summed E-state index contributed by atoms with van der Waals surface area (Å²) in [6.07, 6.45) is -1.08. The molecule has 0 aromatic heterocycles. The second kappa shape index (κ2) is 8.57. The van der Waals surface area contributed by atoms with E-state index in [1.807, 2.05) is 6.07 Å². The molecular formula is C14H18N2O5. The van der Waals surface area contributed by atoms with Crippen LogP contribution in [-0.4, -0.2) is 37.2 Å². The average Bonchev–Trinajstić information content (AvgIpc) is 2.46. The lowest BCUT2D eigenvalue weighted by Gasteiger charge is -2.13. The first-order valence-corrected chi connectivity index (χ1v) is 6.49. The average molecular weight is 294 g/mol. The van der Waals surface area contributed by atoms with E-state index >= 15 is 0 Å². The van der Waals surface area contributed by atoms with Gasteiger partial charge in [-0.1, -0.05) is 18.2 Å². The van der Waals surface area contributed by atoms with Crippen LogP contribution in [0.15, 0.2) is 30.3 Å². The van der Waals surface area contributed by atoms with Crippen molar-refractivity contribution >= 4 is 17.9 Å². The van der Waals surface area contributed by atoms with Gasteiger partial charge in [0.25, 0.3) is 5.91 Å². The van der Waals surface area contributed by atoms with E-state index in [0.717, 1.165) is 0 Å². The predicted octanol–water partition coefficient (Wildman–Crippen LogP) is 0.843. The third kappa shape index (κ3) is 6.42. The molecule has 1 aromatic rings. The molecule has 1 rings (SSSR count). The molecule has 0 fully saturated rings. The van der Waals surface area contributed by atoms with Gasteiger partial charge in [-0.05, 0) is 26.0 Å². The molecule has 1 unspecified atom stereocenters. The van der Waals surface area contributed by atoms with Gasteiger partial charge in [0.2, 0.25) is 0 Å². The van der Waals surface area contributed by atoms with E-state index in [1.54, 1.807) is 31.2 Å². The van der Waals surface area contributed by atoms with Gasteiger partial charge in [0.05, 0.1) is 0 Å². The summed E-state index contributed by atoms with van der Waals surface area (Å²) < 4.78 is 10.0. The van der Waals surface area contributed by atoms with Crippen LogP contribution in [0.1, 0.15) is 13.8 Å². The van der Waals surface area contributed by atoms with E-state index in [1.165, 1.54) is 6.92 Å². The Labute approximate surface area is 122 Å². The number of imide groups is 1. The van der Waals surface area contributed by atoms with Crippen LogP contribution >= 0.6 is 0 Å². The van der Waals surface area contributed by atoms with Crippen molar-refractivity contribution in [2.75, 3.05) is 13.2 Å². The predicted molar refractivity (Wildman–Crippen MR) is 74.7 cm³/mol. The molecule has 7 heteroatoms. The minimum Gasteiger partial charge on any atom is -0.482 e. The molecule has 0 aliphatic rings. The van der Waals surface area contributed by atoms with Crippen LogP contribution in [0.25, 0.3) is 0 Å². The van der Waals surface area contributed by atoms with Crippen LogP contribution in [0.2, 0.25) is 0 Å². The number of hydrogen-bond donors (Lipinski definition) is 2. The van der Waals surface area contributed by atoms with Gasteiger partial charge in [0.1, 0.15) is 5.75 Å². The summed E-state index contributed by atoms with van der Waals surface area (Å²) >= 11 is 0. The van der Waals surface area contributed by atoms with Crippen LogP contribution in [0.5, 0.6) is 5.75 Å². The highest BCUT2D eigenvalue weighted by Gasteiger charge is 2.19. The first kappa shape index (κ1) is 16.5. The zero-order chi connectivity index (χ0) is 15.7. The number of benzene rings is 1. The fraction of sp³-hybridized carbons (Fsp3) is 0.357. The second-order valence-corrected chi connectivity index (χ2v) is 4.08. The van der Waals surface area contributed by atoms with Gasteiger partial charge in [0, 0.05) is 6.54 Å². The van der Waals surface area contributed by atoms with E-state index in [-0.39, 0.29) is 6.61 Å². The molecular weight excluding hydrogens is 276 g/mol. The van der Waals surface area contributed by atoms with Crippen molar-refractivity contribution in [2.45, 2.75) is 20.0 Å². The molecule has 0 aliphatic carbocycles. The van der Waals surface area contributed by atoms with Crippen LogP contribution in [0, 0.1) is 0 Å². The Morgan fingerprint density at radius 3 is 2.48 bits per heavy atom. The molecule has 21 heavy (non-hydrogen) atoms. The summed E-state index contributed by atoms with van der Waals surface area (Å²) in [5.41, 5.74) is 0. The third-order valence-corrected chi connectivity index (χ3v) is 2.35. The van der Waals surface area contributed by atoms with Crippen LogP contribution in [-0.2, 0) is 14.3 Å². The Bertz CT molecular complexity index is 489. The van der Waals surface area contributed by atoms with Crippen LogP contribution < -0.4 is 15.4 Å². The molecule has 0 saturated heterocycles. The maximum absolute atomic E-state index is 11.5. The van der Waals surface area contributed by atoms with Crippen molar-refractivity contribution in [3.63, 3.8) is 0 Å². The lowest BCUT2D eigenvalue weighted by atomic mass is 10.3. The number of hydrogen-bond acceptors (Lipinski definition) is 5. The maximum atomic E-state index is 11.5. The minimum atomic E-state index is -1.08. The first-order chi connectivity index (χ1) is 10.0. The second-order valence-electron chi connectivity index (χ2n) is 4.08. The van der Waals surface area contributed by atoms with Crippen molar-refractivity contribution in [1.29, 1.82) is 0 Å². The summed E-state index contributed by atoms with van der Waals surface area (Å²) in [6, 6.07) is 8.10. The minimum absolute atomic E-state index is 0.317. The Morgan fingerprint density at radius 2 is 1.86 bits per heavy atom. The number of carbonyl (C=O) groups excluding carboxylic acids is 3. The number of ether oxygens (including phenoxy) is 2. The zero-order valence-electron chi connectivity index (χ0n) is 11.9. The molecule has 1 aromatic carbocycles. The molecule has 2 N–H and O–H groups in total. The van der Waals surface area contributed by atoms with Crippen molar-refractivity contribution in [3.8, 4) is 5.75 Å². The molecule has 0 aliphatic heterocycles. The summed E-state index contributed by atoms with van der Waals surface area (Å²) in [6.45, 7) is 3.16. The number of carbonyl (C=O) groups is 3. The summed E-state index contributed by atoms with van der Waals surface area (Å²) in [5.74, 6) is -0.875. The van der Waals surface area contributed by atoms with Crippen LogP contribution in [0.4, 0.5) is 4.79 Å². The van der Waals surface area contributed by atoms with Crippen LogP contribution in [0.3, 0.4) is 0 Å². The van der Waals surface area contributed by atoms with Gasteiger partial charge in [-0.25, -0.2) is 9.59 Å². The van der Waals surface area contributed by atoms with Gasteiger partial charge in [-0.3, -0.25) is 10.1 Å². The molecule has 0 spiro atoms. The van der Waals surface area contributed by atoms with E-state index in [4.69, 9.17) is 9.47 Å². The van der Waals surface area contributed by atoms with Crippen molar-refractivity contribution in [2.24, 2.45) is 0 Å². The van der Waals surface area contributed by atoms with E-state index < -0.39 is 24.0 Å². The molecule has 1 atom stereocenters. The number of esters is 1. The number of nitrogens with one attached hydrogen (secondary N) is 2. The Kier molecular flexibility index (Phi) is 6.73. The largest absolute Gasteiger partial charge is 0.482 e. The monoisotopic (exact) mass is 294 g/mol. The third-order valence-electron chi connectivity index (χ3n) is 2.35. The Hall–Kier alpha value is -2.57. The topological polar surface area (TPSA) is 93.7 Å². The smallest absolute Gasteiger partial charge is 0.344 e. The summed E-state index contributed by atoms with van der Waals surface area (Å²) in [5, 5.41) is 4.45. The van der Waals surface area contributed by atoms with Crippen molar-refractivity contribution < 1.29 is 23.9 Å². The lowest BCUT2D eigenvalue weighted by Crippen LogP contribution is -2.44. The molecule has 114 valence electrons. The number of amides is 3. The normalized spacial score (nSPS) is 11.1. The fourth-order valence-electron chi connectivity index (χ4n) is 1.36. The molecule has 0 heterocycles. The van der Waals surface area contributed by atoms with Gasteiger partial charge in [-0.15, -0.1) is 0 Å². The van der Waals surface area contributed by atoms with Gasteiger partial charge in [-0.2, -0.15) is 0 Å². The summed E-state index contributed by atoms with van der Waals surface area (Å²) in [4.78, 5) is 34.2. The zero-order valence-corrected chi connectivity index (χ0v) is 11.9. The van der Waals surface area contributed by atoms with E-state index in [9.17, 15) is 14.4 Å². The van der Waals surface area contributed by atoms with E-state index in [0.29, 0.717) is 12.3 Å². The number of urea groups is 1. The molecule has 3 amide bonds. The van der Waals surface area contributed by atoms with Gasteiger partial charge in [0.15, 0.2) is 12.7 Å². The van der Waals surface area contributed by atoms with Gasteiger partial charge < -0.3 is 14.8 Å². The highest BCUT2D eigenvalue weighted by molar-refractivity contribution is 5.97. The first-order valence-electron chi connectivity index (χ1n) is 6.49. The molecule has 0 radical (unpaired) electrons. The van der Waals surface area contributed by atoms with E-state index in [2.05, 4.69) is 10.6 Å². The number of rotatable bonds is 6. The SMILES string of the molecule is CCNC(=O)NC(=O)C(C)OC(=O)COc1ccccc1. The van der Waals surface area contributed by atoms with Crippen molar-refractivity contribution in [3.05, 3.63) is 30.3 Å². The molecule has 7 nitrogen and oxygen atoms in total. The fourth-order valence-corrected chi connectivity index (χ4v) is 1.36. The van der Waals surface area contributed by atoms with Crippen molar-refractivity contribution in [1.82, 2.24) is 10.6 Å². The Morgan fingerprint density at radius 1 is 1.19 bits per heavy atom. The quantitative estimate of drug-likeness (QED) is 0.758. The lowest BCUT2D eigenvalue weighted by molar-refractivity contribution is -0.156. The molecule has 0 saturated carbocycles. The summed E-state index contributed by atoms with van der Waals surface area (Å²) in [7, 11) is 0. The highest BCUT2D eigenvalue weighted by Crippen LogP contribution is 2.08. The maximum Gasteiger partial charge on any atom is 0.344 e.